The first-order valence-electron chi connectivity index (χ1n) is 8.91. The van der Waals surface area contributed by atoms with Crippen molar-refractivity contribution in [2.24, 2.45) is 0 Å². The van der Waals surface area contributed by atoms with Crippen LogP contribution in [-0.2, 0) is 50.6 Å². The van der Waals surface area contributed by atoms with Crippen molar-refractivity contribution in [1.29, 1.82) is 0 Å². The summed E-state index contributed by atoms with van der Waals surface area (Å²) in [5, 5.41) is 1.68. The summed E-state index contributed by atoms with van der Waals surface area (Å²) in [4.78, 5) is 45.2. The zero-order valence-corrected chi connectivity index (χ0v) is 19.2. The van der Waals surface area contributed by atoms with Gasteiger partial charge in [0.25, 0.3) is 5.69 Å². The van der Waals surface area contributed by atoms with E-state index < -0.39 is 85.3 Å². The fourth-order valence-corrected chi connectivity index (χ4v) is 2.45. The van der Waals surface area contributed by atoms with E-state index in [0.717, 1.165) is 6.07 Å². The third-order valence-corrected chi connectivity index (χ3v) is 5.50. The summed E-state index contributed by atoms with van der Waals surface area (Å²) in [5.41, 5.74) is -0.636. The molecule has 37 heavy (non-hydrogen) atoms. The number of nitrogens with one attached hydrogen (secondary N) is 1. The van der Waals surface area contributed by atoms with Gasteiger partial charge in [-0.1, -0.05) is 12.1 Å². The molecule has 16 nitrogen and oxygen atoms in total. The second-order valence-electron chi connectivity index (χ2n) is 6.45. The Morgan fingerprint density at radius 1 is 1.03 bits per heavy atom. The maximum Gasteiger partial charge on any atom is 0.465 e. The van der Waals surface area contributed by atoms with Crippen LogP contribution in [0.2, 0.25) is 0 Å². The first-order chi connectivity index (χ1) is 16.7. The minimum atomic E-state index is -6.47. The quantitative estimate of drug-likeness (QED) is 0.0742. The van der Waals surface area contributed by atoms with Gasteiger partial charge in [-0.05, 0) is 6.07 Å². The van der Waals surface area contributed by atoms with Crippen molar-refractivity contribution in [2.75, 3.05) is 13.2 Å². The highest BCUT2D eigenvalue weighted by Gasteiger charge is 2.55. The standard InChI is InChI=1S/C15H14F4N2O14S2/c16-14(17,36(27,28)29)7-34-11(22)10(35-12(23)15(18,19)37(30,31)32)5-20-13(24)33-6-8-3-1-2-4-9(8)21(25)26/h1-4,10H,5-7H2,(H,20,24)(H,27,28,29)(H,30,31,32). The van der Waals surface area contributed by atoms with Crippen LogP contribution in [0.3, 0.4) is 0 Å². The lowest BCUT2D eigenvalue weighted by Gasteiger charge is -2.20. The Balaban J connectivity index is 2.99. The number of rotatable bonds is 12. The molecule has 0 bridgehead atoms. The lowest BCUT2D eigenvalue weighted by molar-refractivity contribution is -0.385. The van der Waals surface area contributed by atoms with Gasteiger partial charge in [0.15, 0.2) is 6.61 Å². The zero-order valence-electron chi connectivity index (χ0n) is 17.6. The summed E-state index contributed by atoms with van der Waals surface area (Å²) < 4.78 is 125. The molecular formula is C15H14F4N2O14S2. The van der Waals surface area contributed by atoms with Gasteiger partial charge in [0.05, 0.1) is 17.0 Å². The van der Waals surface area contributed by atoms with Crippen molar-refractivity contribution >= 4 is 44.0 Å². The van der Waals surface area contributed by atoms with Crippen molar-refractivity contribution in [2.45, 2.75) is 23.2 Å². The molecule has 0 saturated carbocycles. The number of halogens is 4. The number of nitrogens with zero attached hydrogens (tertiary/aromatic N) is 1. The Morgan fingerprint density at radius 2 is 1.59 bits per heavy atom. The van der Waals surface area contributed by atoms with Crippen LogP contribution < -0.4 is 5.32 Å². The van der Waals surface area contributed by atoms with E-state index in [9.17, 15) is 58.9 Å². The molecule has 0 aliphatic heterocycles. The van der Waals surface area contributed by atoms with Gasteiger partial charge < -0.3 is 19.5 Å². The summed E-state index contributed by atoms with van der Waals surface area (Å²) in [6.45, 7) is -4.69. The highest BCUT2D eigenvalue weighted by atomic mass is 32.2. The average Bonchev–Trinajstić information content (AvgIpc) is 2.77. The number of amides is 1. The predicted octanol–water partition coefficient (Wildman–Crippen LogP) is 0.237. The third-order valence-electron chi connectivity index (χ3n) is 3.81. The first-order valence-corrected chi connectivity index (χ1v) is 11.8. The molecule has 0 radical (unpaired) electrons. The predicted molar refractivity (Wildman–Crippen MR) is 105 cm³/mol. The lowest BCUT2D eigenvalue weighted by Crippen LogP contribution is -2.47. The lowest BCUT2D eigenvalue weighted by atomic mass is 10.2. The summed E-state index contributed by atoms with van der Waals surface area (Å²) in [6, 6.07) is 4.81. The molecule has 1 atom stereocenters. The summed E-state index contributed by atoms with van der Waals surface area (Å²) in [5.74, 6) is -5.41. The topological polar surface area (TPSA) is 243 Å². The van der Waals surface area contributed by atoms with Crippen LogP contribution >= 0.6 is 0 Å². The normalized spacial score (nSPS) is 13.2. The fourth-order valence-electron chi connectivity index (χ4n) is 1.98. The van der Waals surface area contributed by atoms with Gasteiger partial charge in [0, 0.05) is 6.07 Å². The molecule has 22 heteroatoms. The van der Waals surface area contributed by atoms with Crippen LogP contribution in [0, 0.1) is 10.1 Å². The minimum absolute atomic E-state index is 0.148. The van der Waals surface area contributed by atoms with Crippen molar-refractivity contribution in [1.82, 2.24) is 5.32 Å². The average molecular weight is 586 g/mol. The molecule has 1 aromatic rings. The molecule has 0 heterocycles. The highest BCUT2D eigenvalue weighted by Crippen LogP contribution is 2.24. The first kappa shape index (κ1) is 31.4. The van der Waals surface area contributed by atoms with Gasteiger partial charge in [0.2, 0.25) is 6.10 Å². The second-order valence-corrected chi connectivity index (χ2v) is 9.46. The number of carbonyl (C=O) groups excluding carboxylic acids is 3. The Kier molecular flexibility index (Phi) is 9.86. The zero-order chi connectivity index (χ0) is 28.8. The molecule has 0 aliphatic rings. The van der Waals surface area contributed by atoms with Gasteiger partial charge in [-0.3, -0.25) is 19.2 Å². The van der Waals surface area contributed by atoms with Gasteiger partial charge >= 0.3 is 48.8 Å². The van der Waals surface area contributed by atoms with Crippen molar-refractivity contribution in [3.8, 4) is 0 Å². The van der Waals surface area contributed by atoms with Crippen LogP contribution in [0.5, 0.6) is 0 Å². The number of benzene rings is 1. The molecule has 1 unspecified atom stereocenters. The molecule has 3 N–H and O–H groups in total. The number of carbonyl (C=O) groups is 3. The maximum atomic E-state index is 13.4. The van der Waals surface area contributed by atoms with Crippen LogP contribution in [0.15, 0.2) is 24.3 Å². The molecular weight excluding hydrogens is 572 g/mol. The monoisotopic (exact) mass is 586 g/mol. The van der Waals surface area contributed by atoms with E-state index in [2.05, 4.69) is 14.2 Å². The van der Waals surface area contributed by atoms with Gasteiger partial charge in [-0.2, -0.15) is 34.4 Å². The van der Waals surface area contributed by atoms with E-state index >= 15 is 0 Å². The summed E-state index contributed by atoms with van der Waals surface area (Å²) in [6.07, 6.45) is -4.45. The van der Waals surface area contributed by atoms with Crippen LogP contribution in [-0.4, -0.2) is 78.7 Å². The molecule has 0 saturated heterocycles. The molecule has 1 amide bonds. The molecule has 0 aliphatic carbocycles. The smallest absolute Gasteiger partial charge is 0.455 e. The van der Waals surface area contributed by atoms with E-state index in [-0.39, 0.29) is 5.56 Å². The number of nitro benzene ring substituents is 1. The Labute approximate surface area is 203 Å². The number of ether oxygens (including phenoxy) is 3. The minimum Gasteiger partial charge on any atom is -0.455 e. The summed E-state index contributed by atoms with van der Waals surface area (Å²) in [7, 11) is -12.6. The van der Waals surface area contributed by atoms with Gasteiger partial charge in [-0.15, -0.1) is 0 Å². The number of nitro groups is 1. The Hall–Kier alpha value is -3.63. The van der Waals surface area contributed by atoms with Crippen LogP contribution in [0.25, 0.3) is 0 Å². The Bertz CT molecular complexity index is 1270. The number of esters is 2. The number of para-hydroxylation sites is 1. The van der Waals surface area contributed by atoms with Gasteiger partial charge in [0.1, 0.15) is 6.61 Å². The number of hydrogen-bond acceptors (Lipinski definition) is 12. The van der Waals surface area contributed by atoms with E-state index in [0.29, 0.717) is 0 Å². The van der Waals surface area contributed by atoms with Crippen molar-refractivity contribution in [3.05, 3.63) is 39.9 Å². The Morgan fingerprint density at radius 3 is 2.11 bits per heavy atom. The molecule has 208 valence electrons. The third kappa shape index (κ3) is 8.47. The van der Waals surface area contributed by atoms with E-state index in [4.69, 9.17) is 9.11 Å². The number of alkyl carbamates (subject to hydrolysis) is 1. The van der Waals surface area contributed by atoms with Crippen LogP contribution in [0.1, 0.15) is 5.56 Å². The highest BCUT2D eigenvalue weighted by molar-refractivity contribution is 7.87. The van der Waals surface area contributed by atoms with Crippen molar-refractivity contribution < 1.29 is 77.0 Å². The second kappa shape index (κ2) is 11.6. The summed E-state index contributed by atoms with van der Waals surface area (Å²) >= 11 is 0. The van der Waals surface area contributed by atoms with E-state index in [1.165, 1.54) is 18.2 Å². The van der Waals surface area contributed by atoms with Crippen molar-refractivity contribution in [3.63, 3.8) is 0 Å². The number of alkyl halides is 4. The largest absolute Gasteiger partial charge is 0.465 e. The van der Waals surface area contributed by atoms with E-state index in [1.807, 2.05) is 0 Å². The molecule has 0 spiro atoms. The molecule has 1 aromatic carbocycles. The van der Waals surface area contributed by atoms with Crippen LogP contribution in [0.4, 0.5) is 28.0 Å². The van der Waals surface area contributed by atoms with E-state index in [1.54, 1.807) is 5.32 Å². The van der Waals surface area contributed by atoms with Gasteiger partial charge in [-0.25, -0.2) is 14.4 Å². The number of hydrogen-bond donors (Lipinski definition) is 3. The molecule has 1 rings (SSSR count). The fraction of sp³-hybridized carbons (Fsp3) is 0.400. The molecule has 0 aromatic heterocycles. The maximum absolute atomic E-state index is 13.4. The molecule has 0 fully saturated rings. The SMILES string of the molecule is O=C(NCC(OC(=O)C(F)(F)S(=O)(=O)O)C(=O)OCC(F)(F)S(=O)(=O)O)OCc1ccccc1[N+](=O)[O-].